The fourth-order valence-corrected chi connectivity index (χ4v) is 6.06. The van der Waals surface area contributed by atoms with Crippen molar-refractivity contribution in [1.82, 2.24) is 4.90 Å². The van der Waals surface area contributed by atoms with E-state index in [1.807, 2.05) is 49.6 Å². The lowest BCUT2D eigenvalue weighted by molar-refractivity contribution is -0.140. The van der Waals surface area contributed by atoms with Gasteiger partial charge in [-0.15, -0.1) is 11.3 Å². The smallest absolute Gasteiger partial charge is 0.234 e. The van der Waals surface area contributed by atoms with Gasteiger partial charge >= 0.3 is 0 Å². The van der Waals surface area contributed by atoms with Crippen molar-refractivity contribution in [2.75, 3.05) is 6.61 Å². The van der Waals surface area contributed by atoms with Crippen molar-refractivity contribution in [3.8, 4) is 5.75 Å². The summed E-state index contributed by atoms with van der Waals surface area (Å²) in [6.07, 6.45) is 2.52. The lowest BCUT2D eigenvalue weighted by atomic mass is 9.68. The maximum atomic E-state index is 13.3. The highest BCUT2D eigenvalue weighted by Crippen LogP contribution is 2.46. The zero-order chi connectivity index (χ0) is 24.4. The highest BCUT2D eigenvalue weighted by Gasteiger charge is 2.54. The second-order valence-corrected chi connectivity index (χ2v) is 10.3. The van der Waals surface area contributed by atoms with Crippen LogP contribution in [0.1, 0.15) is 43.6 Å². The molecule has 0 radical (unpaired) electrons. The van der Waals surface area contributed by atoms with Gasteiger partial charge in [0.05, 0.1) is 31.1 Å². The summed E-state index contributed by atoms with van der Waals surface area (Å²) in [5, 5.41) is 33.3. The number of carbonyl (C=O) groups excluding carboxylic acids is 2. The van der Waals surface area contributed by atoms with E-state index >= 15 is 0 Å². The van der Waals surface area contributed by atoms with Gasteiger partial charge < -0.3 is 15.3 Å². The summed E-state index contributed by atoms with van der Waals surface area (Å²) in [7, 11) is 0. The van der Waals surface area contributed by atoms with Crippen LogP contribution in [0.15, 0.2) is 58.5 Å². The maximum Gasteiger partial charge on any atom is 0.234 e. The minimum Gasteiger partial charge on any atom is -0.507 e. The third kappa shape index (κ3) is 4.73. The lowest BCUT2D eigenvalue weighted by Crippen LogP contribution is -2.38. The van der Waals surface area contributed by atoms with Gasteiger partial charge in [-0.25, -0.2) is 0 Å². The Kier molecular flexibility index (Phi) is 7.36. The first-order valence-corrected chi connectivity index (χ1v) is 12.5. The van der Waals surface area contributed by atoms with Crippen LogP contribution >= 0.6 is 11.3 Å². The Balaban J connectivity index is 1.49. The van der Waals surface area contributed by atoms with E-state index in [-0.39, 0.29) is 30.7 Å². The van der Waals surface area contributed by atoms with Crippen LogP contribution < -0.4 is 0 Å². The zero-order valence-electron chi connectivity index (χ0n) is 19.5. The first kappa shape index (κ1) is 24.4. The van der Waals surface area contributed by atoms with Crippen LogP contribution in [-0.2, 0) is 16.1 Å². The van der Waals surface area contributed by atoms with Crippen molar-refractivity contribution >= 4 is 29.2 Å². The fraction of sp³-hybridized carbons (Fsp3) is 0.407. The van der Waals surface area contributed by atoms with Crippen LogP contribution in [0.5, 0.6) is 5.75 Å². The molecule has 1 aromatic heterocycles. The van der Waals surface area contributed by atoms with E-state index in [0.29, 0.717) is 24.8 Å². The number of thiophene rings is 1. The van der Waals surface area contributed by atoms with Gasteiger partial charge in [-0.3, -0.25) is 14.5 Å². The van der Waals surface area contributed by atoms with Crippen molar-refractivity contribution in [3.05, 3.63) is 68.9 Å². The Bertz CT molecular complexity index is 1120. The minimum atomic E-state index is -0.819. The molecule has 1 saturated heterocycles. The van der Waals surface area contributed by atoms with Gasteiger partial charge in [0.1, 0.15) is 5.75 Å². The number of rotatable bonds is 8. The molecule has 6 nitrogen and oxygen atoms in total. The molecule has 1 aromatic carbocycles. The fourth-order valence-electron chi connectivity index (χ4n) is 5.36. The average Bonchev–Trinajstić information content (AvgIpc) is 3.41. The molecule has 0 bridgehead atoms. The highest BCUT2D eigenvalue weighted by molar-refractivity contribution is 7.09. The van der Waals surface area contributed by atoms with E-state index in [2.05, 4.69) is 0 Å². The van der Waals surface area contributed by atoms with Crippen LogP contribution in [0.4, 0.5) is 0 Å². The first-order valence-electron chi connectivity index (χ1n) is 11.6. The Morgan fingerprint density at radius 3 is 2.65 bits per heavy atom. The topological polar surface area (TPSA) is 98.1 Å². The molecule has 4 rings (SSSR count). The molecule has 2 heterocycles. The van der Waals surface area contributed by atoms with Gasteiger partial charge in [0.2, 0.25) is 11.8 Å². The number of aliphatic hydroxyl groups excluding tert-OH is 2. The molecule has 0 spiro atoms. The van der Waals surface area contributed by atoms with E-state index in [9.17, 15) is 24.9 Å². The van der Waals surface area contributed by atoms with Gasteiger partial charge in [0, 0.05) is 16.4 Å². The number of hydrogen-bond acceptors (Lipinski definition) is 6. The summed E-state index contributed by atoms with van der Waals surface area (Å²) in [5.74, 6) is -1.92. The number of aromatic hydroxyl groups is 1. The van der Waals surface area contributed by atoms with Crippen molar-refractivity contribution in [2.24, 2.45) is 17.8 Å². The molecule has 1 aliphatic carbocycles. The van der Waals surface area contributed by atoms with E-state index in [0.717, 1.165) is 21.6 Å². The normalized spacial score (nSPS) is 24.1. The number of allylic oxidation sites excluding steroid dienone is 2. The molecule has 2 aliphatic rings. The van der Waals surface area contributed by atoms with Crippen LogP contribution in [0.25, 0.3) is 6.08 Å². The van der Waals surface area contributed by atoms with Gasteiger partial charge in [-0.1, -0.05) is 41.5 Å². The van der Waals surface area contributed by atoms with Gasteiger partial charge in [-0.2, -0.15) is 0 Å². The molecule has 180 valence electrons. The maximum absolute atomic E-state index is 13.3. The van der Waals surface area contributed by atoms with Crippen molar-refractivity contribution in [2.45, 2.75) is 45.8 Å². The van der Waals surface area contributed by atoms with E-state index in [1.165, 1.54) is 16.2 Å². The predicted molar refractivity (Wildman–Crippen MR) is 132 cm³/mol. The molecule has 1 aliphatic heterocycles. The summed E-state index contributed by atoms with van der Waals surface area (Å²) < 4.78 is 0. The number of fused-ring (bicyclic) bond motifs is 1. The molecule has 1 fully saturated rings. The SMILES string of the molecule is CC1=C([C@H](O)CC/C(C)=C/c2ccccc2O)[C@H](CO)[C@@H]2C(=O)N(Cc3cccs3)C(=O)[C@@H]2C1. The van der Waals surface area contributed by atoms with Crippen molar-refractivity contribution in [1.29, 1.82) is 0 Å². The molecule has 7 heteroatoms. The Labute approximate surface area is 203 Å². The van der Waals surface area contributed by atoms with Crippen molar-refractivity contribution in [3.63, 3.8) is 0 Å². The predicted octanol–water partition coefficient (Wildman–Crippen LogP) is 4.13. The quantitative estimate of drug-likeness (QED) is 0.389. The molecule has 2 aromatic rings. The molecule has 2 amide bonds. The molecular weight excluding hydrogens is 450 g/mol. The number of nitrogens with zero attached hydrogens (tertiary/aromatic N) is 1. The van der Waals surface area contributed by atoms with E-state index in [4.69, 9.17) is 0 Å². The Hall–Kier alpha value is -2.74. The number of para-hydroxylation sites is 1. The number of aliphatic hydroxyl groups is 2. The zero-order valence-corrected chi connectivity index (χ0v) is 20.3. The first-order chi connectivity index (χ1) is 16.3. The van der Waals surface area contributed by atoms with Gasteiger partial charge in [0.15, 0.2) is 0 Å². The number of benzene rings is 1. The van der Waals surface area contributed by atoms with E-state index in [1.54, 1.807) is 12.1 Å². The summed E-state index contributed by atoms with van der Waals surface area (Å²) in [4.78, 5) is 28.6. The van der Waals surface area contributed by atoms with Crippen molar-refractivity contribution < 1.29 is 24.9 Å². The molecule has 4 atom stereocenters. The largest absolute Gasteiger partial charge is 0.507 e. The van der Waals surface area contributed by atoms with Crippen LogP contribution in [-0.4, -0.2) is 44.7 Å². The van der Waals surface area contributed by atoms with Gasteiger partial charge in [0.25, 0.3) is 0 Å². The van der Waals surface area contributed by atoms with Gasteiger partial charge in [-0.05, 0) is 56.2 Å². The van der Waals surface area contributed by atoms with Crippen LogP contribution in [0, 0.1) is 17.8 Å². The Morgan fingerprint density at radius 2 is 1.97 bits per heavy atom. The molecule has 3 N–H and O–H groups in total. The Morgan fingerprint density at radius 1 is 1.21 bits per heavy atom. The summed E-state index contributed by atoms with van der Waals surface area (Å²) in [6, 6.07) is 10.9. The standard InChI is InChI=1S/C27H31NO5S/c1-16(12-18-6-3-4-8-22(18)30)9-10-23(31)24-17(2)13-20-25(21(24)15-29)27(33)28(26(20)32)14-19-7-5-11-34-19/h3-8,11-12,20-21,23,25,29-31H,9-10,13-15H2,1-2H3/b16-12+/t20-,21+,23-,25-/m1/s1. The number of carbonyl (C=O) groups is 2. The second-order valence-electron chi connectivity index (χ2n) is 9.31. The number of phenolic OH excluding ortho intramolecular Hbond substituents is 1. The number of amides is 2. The highest BCUT2D eigenvalue weighted by atomic mass is 32.1. The summed E-state index contributed by atoms with van der Waals surface area (Å²) in [6.45, 7) is 3.81. The van der Waals surface area contributed by atoms with Crippen LogP contribution in [0.3, 0.4) is 0 Å². The number of phenols is 1. The molecule has 34 heavy (non-hydrogen) atoms. The third-order valence-electron chi connectivity index (χ3n) is 7.02. The summed E-state index contributed by atoms with van der Waals surface area (Å²) in [5.41, 5.74) is 3.30. The second kappa shape index (κ2) is 10.3. The van der Waals surface area contributed by atoms with Crippen LogP contribution in [0.2, 0.25) is 0 Å². The minimum absolute atomic E-state index is 0.184. The molecule has 0 unspecified atom stereocenters. The monoisotopic (exact) mass is 481 g/mol. The number of likely N-dealkylation sites (tertiary alicyclic amines) is 1. The number of imide groups is 1. The molecular formula is C27H31NO5S. The summed E-state index contributed by atoms with van der Waals surface area (Å²) >= 11 is 1.50. The third-order valence-corrected chi connectivity index (χ3v) is 7.88. The lowest BCUT2D eigenvalue weighted by Gasteiger charge is -2.35. The molecule has 0 saturated carbocycles. The van der Waals surface area contributed by atoms with E-state index < -0.39 is 23.9 Å². The average molecular weight is 482 g/mol. The number of hydrogen-bond donors (Lipinski definition) is 3.